The van der Waals surface area contributed by atoms with Gasteiger partial charge in [0.15, 0.2) is 0 Å². The SMILES string of the molecule is CC1CC(C(=O)NC2CC2(C)C)CCN1. The van der Waals surface area contributed by atoms with Crippen LogP contribution >= 0.6 is 0 Å². The predicted molar refractivity (Wildman–Crippen MR) is 60.5 cm³/mol. The summed E-state index contributed by atoms with van der Waals surface area (Å²) in [7, 11) is 0. The number of amides is 1. The summed E-state index contributed by atoms with van der Waals surface area (Å²) >= 11 is 0. The van der Waals surface area contributed by atoms with E-state index in [-0.39, 0.29) is 11.8 Å². The first-order valence-electron chi connectivity index (χ1n) is 6.03. The van der Waals surface area contributed by atoms with Gasteiger partial charge in [-0.3, -0.25) is 4.79 Å². The van der Waals surface area contributed by atoms with Gasteiger partial charge < -0.3 is 10.6 Å². The summed E-state index contributed by atoms with van der Waals surface area (Å²) in [6, 6.07) is 0.914. The Labute approximate surface area is 92.0 Å². The lowest BCUT2D eigenvalue weighted by Gasteiger charge is -2.27. The minimum absolute atomic E-state index is 0.234. The molecule has 0 radical (unpaired) electrons. The second kappa shape index (κ2) is 3.78. The molecule has 2 N–H and O–H groups in total. The number of nitrogens with one attached hydrogen (secondary N) is 2. The lowest BCUT2D eigenvalue weighted by Crippen LogP contribution is -2.43. The number of rotatable bonds is 2. The number of piperidine rings is 1. The standard InChI is InChI=1S/C12H22N2O/c1-8-6-9(4-5-13-8)11(15)14-10-7-12(10,2)3/h8-10,13H,4-7H2,1-3H3,(H,14,15). The zero-order chi connectivity index (χ0) is 11.1. The Morgan fingerprint density at radius 2 is 2.13 bits per heavy atom. The van der Waals surface area contributed by atoms with E-state index in [9.17, 15) is 4.79 Å². The van der Waals surface area contributed by atoms with Gasteiger partial charge in [0, 0.05) is 18.0 Å². The van der Waals surface area contributed by atoms with Crippen molar-refractivity contribution in [3.8, 4) is 0 Å². The summed E-state index contributed by atoms with van der Waals surface area (Å²) < 4.78 is 0. The first kappa shape index (κ1) is 10.9. The number of carbonyl (C=O) groups is 1. The third kappa shape index (κ3) is 2.51. The van der Waals surface area contributed by atoms with Crippen LogP contribution in [0.2, 0.25) is 0 Å². The van der Waals surface area contributed by atoms with Crippen LogP contribution in [0, 0.1) is 11.3 Å². The van der Waals surface area contributed by atoms with Gasteiger partial charge in [0.1, 0.15) is 0 Å². The van der Waals surface area contributed by atoms with Crippen molar-refractivity contribution in [2.75, 3.05) is 6.54 Å². The van der Waals surface area contributed by atoms with Crippen LogP contribution in [-0.4, -0.2) is 24.5 Å². The molecule has 1 saturated heterocycles. The average Bonchev–Trinajstić information content (AvgIpc) is 2.73. The molecule has 2 aliphatic rings. The molecule has 3 heteroatoms. The van der Waals surface area contributed by atoms with E-state index in [0.717, 1.165) is 25.8 Å². The normalized spacial score (nSPS) is 38.5. The molecule has 3 nitrogen and oxygen atoms in total. The van der Waals surface area contributed by atoms with Crippen LogP contribution in [0.15, 0.2) is 0 Å². The van der Waals surface area contributed by atoms with Crippen LogP contribution in [0.25, 0.3) is 0 Å². The molecule has 1 amide bonds. The van der Waals surface area contributed by atoms with Crippen molar-refractivity contribution in [1.29, 1.82) is 0 Å². The maximum Gasteiger partial charge on any atom is 0.223 e. The van der Waals surface area contributed by atoms with E-state index in [4.69, 9.17) is 0 Å². The molecule has 1 aliphatic heterocycles. The van der Waals surface area contributed by atoms with E-state index < -0.39 is 0 Å². The van der Waals surface area contributed by atoms with Gasteiger partial charge in [0.25, 0.3) is 0 Å². The zero-order valence-corrected chi connectivity index (χ0v) is 9.97. The molecule has 3 atom stereocenters. The Kier molecular flexibility index (Phi) is 2.75. The van der Waals surface area contributed by atoms with Gasteiger partial charge >= 0.3 is 0 Å². The lowest BCUT2D eigenvalue weighted by molar-refractivity contribution is -0.126. The fourth-order valence-electron chi connectivity index (χ4n) is 2.37. The summed E-state index contributed by atoms with van der Waals surface area (Å²) in [5.74, 6) is 0.511. The number of carbonyl (C=O) groups excluding carboxylic acids is 1. The lowest BCUT2D eigenvalue weighted by atomic mass is 9.92. The number of hydrogen-bond acceptors (Lipinski definition) is 2. The highest BCUT2D eigenvalue weighted by molar-refractivity contribution is 5.79. The first-order valence-corrected chi connectivity index (χ1v) is 6.03. The van der Waals surface area contributed by atoms with Crippen molar-refractivity contribution in [3.63, 3.8) is 0 Å². The quantitative estimate of drug-likeness (QED) is 0.721. The zero-order valence-electron chi connectivity index (χ0n) is 9.97. The van der Waals surface area contributed by atoms with E-state index in [2.05, 4.69) is 31.4 Å². The molecule has 86 valence electrons. The molecular weight excluding hydrogens is 188 g/mol. The fourth-order valence-corrected chi connectivity index (χ4v) is 2.37. The molecule has 0 aromatic heterocycles. The highest BCUT2D eigenvalue weighted by atomic mass is 16.2. The molecule has 0 aromatic carbocycles. The van der Waals surface area contributed by atoms with Gasteiger partial charge in [-0.15, -0.1) is 0 Å². The molecule has 1 heterocycles. The van der Waals surface area contributed by atoms with Crippen LogP contribution in [-0.2, 0) is 4.79 Å². The van der Waals surface area contributed by atoms with Crippen molar-refractivity contribution in [2.45, 2.75) is 52.1 Å². The van der Waals surface area contributed by atoms with Crippen LogP contribution in [0.4, 0.5) is 0 Å². The summed E-state index contributed by atoms with van der Waals surface area (Å²) in [6.45, 7) is 7.56. The average molecular weight is 210 g/mol. The molecule has 0 spiro atoms. The highest BCUT2D eigenvalue weighted by Crippen LogP contribution is 2.44. The third-order valence-corrected chi connectivity index (χ3v) is 3.82. The summed E-state index contributed by atoms with van der Waals surface area (Å²) in [4.78, 5) is 11.9. The second-order valence-corrected chi connectivity index (χ2v) is 5.83. The van der Waals surface area contributed by atoms with Crippen LogP contribution in [0.3, 0.4) is 0 Å². The summed E-state index contributed by atoms with van der Waals surface area (Å²) in [5.41, 5.74) is 0.341. The van der Waals surface area contributed by atoms with Crippen LogP contribution < -0.4 is 10.6 Å². The topological polar surface area (TPSA) is 41.1 Å². The molecule has 3 unspecified atom stereocenters. The van der Waals surface area contributed by atoms with E-state index in [1.54, 1.807) is 0 Å². The highest BCUT2D eigenvalue weighted by Gasteiger charge is 2.47. The molecule has 1 saturated carbocycles. The Morgan fingerprint density at radius 1 is 1.47 bits per heavy atom. The minimum Gasteiger partial charge on any atom is -0.353 e. The molecule has 2 fully saturated rings. The summed E-state index contributed by atoms with van der Waals surface area (Å²) in [6.07, 6.45) is 3.11. The van der Waals surface area contributed by atoms with Crippen molar-refractivity contribution in [3.05, 3.63) is 0 Å². The van der Waals surface area contributed by atoms with Crippen molar-refractivity contribution in [2.24, 2.45) is 11.3 Å². The Balaban J connectivity index is 1.81. The van der Waals surface area contributed by atoms with Crippen molar-refractivity contribution >= 4 is 5.91 Å². The van der Waals surface area contributed by atoms with Gasteiger partial charge in [-0.25, -0.2) is 0 Å². The molecule has 1 aliphatic carbocycles. The second-order valence-electron chi connectivity index (χ2n) is 5.83. The van der Waals surface area contributed by atoms with Crippen molar-refractivity contribution in [1.82, 2.24) is 10.6 Å². The first-order chi connectivity index (χ1) is 6.99. The van der Waals surface area contributed by atoms with E-state index in [1.165, 1.54) is 0 Å². The molecule has 0 aromatic rings. The Morgan fingerprint density at radius 3 is 2.67 bits per heavy atom. The largest absolute Gasteiger partial charge is 0.353 e. The Bertz CT molecular complexity index is 262. The Hall–Kier alpha value is -0.570. The molecule has 2 rings (SSSR count). The van der Waals surface area contributed by atoms with Crippen LogP contribution in [0.5, 0.6) is 0 Å². The molecular formula is C12H22N2O. The van der Waals surface area contributed by atoms with Gasteiger partial charge in [-0.05, 0) is 38.1 Å². The maximum absolute atomic E-state index is 11.9. The van der Waals surface area contributed by atoms with Gasteiger partial charge in [0.05, 0.1) is 0 Å². The smallest absolute Gasteiger partial charge is 0.223 e. The fraction of sp³-hybridized carbons (Fsp3) is 0.917. The van der Waals surface area contributed by atoms with Crippen LogP contribution in [0.1, 0.15) is 40.0 Å². The van der Waals surface area contributed by atoms with E-state index in [1.807, 2.05) is 0 Å². The van der Waals surface area contributed by atoms with Gasteiger partial charge in [-0.1, -0.05) is 13.8 Å². The van der Waals surface area contributed by atoms with Gasteiger partial charge in [0.2, 0.25) is 5.91 Å². The molecule has 0 bridgehead atoms. The van der Waals surface area contributed by atoms with E-state index >= 15 is 0 Å². The number of hydrogen-bond donors (Lipinski definition) is 2. The maximum atomic E-state index is 11.9. The predicted octanol–water partition coefficient (Wildman–Crippen LogP) is 1.29. The van der Waals surface area contributed by atoms with Gasteiger partial charge in [-0.2, -0.15) is 0 Å². The van der Waals surface area contributed by atoms with Crippen molar-refractivity contribution < 1.29 is 4.79 Å². The third-order valence-electron chi connectivity index (χ3n) is 3.82. The monoisotopic (exact) mass is 210 g/mol. The van der Waals surface area contributed by atoms with E-state index in [0.29, 0.717) is 17.5 Å². The minimum atomic E-state index is 0.234. The summed E-state index contributed by atoms with van der Waals surface area (Å²) in [5, 5.41) is 6.54. The molecule has 15 heavy (non-hydrogen) atoms.